The molecule has 4 N–H and O–H groups in total. The van der Waals surface area contributed by atoms with Crippen LogP contribution in [0.4, 0.5) is 4.79 Å². The van der Waals surface area contributed by atoms with Gasteiger partial charge in [-0.1, -0.05) is 61.0 Å². The van der Waals surface area contributed by atoms with Gasteiger partial charge in [-0.3, -0.25) is 14.4 Å². The van der Waals surface area contributed by atoms with Gasteiger partial charge in [0.15, 0.2) is 0 Å². The number of primary amides is 1. The predicted octanol–water partition coefficient (Wildman–Crippen LogP) is 3.67. The van der Waals surface area contributed by atoms with Crippen LogP contribution in [-0.2, 0) is 25.7 Å². The van der Waals surface area contributed by atoms with Crippen LogP contribution >= 0.6 is 0 Å². The summed E-state index contributed by atoms with van der Waals surface area (Å²) in [6.07, 6.45) is -0.761. The van der Waals surface area contributed by atoms with E-state index in [9.17, 15) is 19.2 Å². The molecule has 0 aliphatic rings. The molecule has 2 unspecified atom stereocenters. The molecule has 0 aliphatic carbocycles. The Kier molecular flexibility index (Phi) is 10.9. The first-order chi connectivity index (χ1) is 17.8. The van der Waals surface area contributed by atoms with Crippen LogP contribution in [0.3, 0.4) is 0 Å². The summed E-state index contributed by atoms with van der Waals surface area (Å²) in [7, 11) is 0. The van der Waals surface area contributed by atoms with E-state index >= 15 is 0 Å². The molecule has 2 rings (SSSR count). The molecule has 0 heterocycles. The molecular formula is C29H40N4O5. The first kappa shape index (κ1) is 30.3. The lowest BCUT2D eigenvalue weighted by Crippen LogP contribution is -2.54. The maximum atomic E-state index is 13.9. The minimum absolute atomic E-state index is 0.209. The van der Waals surface area contributed by atoms with E-state index in [-0.39, 0.29) is 19.0 Å². The summed E-state index contributed by atoms with van der Waals surface area (Å²) in [4.78, 5) is 53.4. The first-order valence-corrected chi connectivity index (χ1v) is 12.8. The Hall–Kier alpha value is -3.88. The normalized spacial score (nSPS) is 12.7. The van der Waals surface area contributed by atoms with Crippen LogP contribution in [0.5, 0.6) is 0 Å². The summed E-state index contributed by atoms with van der Waals surface area (Å²) < 4.78 is 5.30. The number of nitrogens with zero attached hydrogens (tertiary/aromatic N) is 1. The summed E-state index contributed by atoms with van der Waals surface area (Å²) in [5, 5.41) is 5.43. The summed E-state index contributed by atoms with van der Waals surface area (Å²) in [6, 6.07) is 12.8. The summed E-state index contributed by atoms with van der Waals surface area (Å²) in [5.41, 5.74) is 8.03. The molecule has 0 aromatic heterocycles. The molecule has 9 heteroatoms. The lowest BCUT2D eigenvalue weighted by molar-refractivity contribution is -0.143. The average Bonchev–Trinajstić information content (AvgIpc) is 2.82. The number of carbonyl (C=O) groups is 4. The number of nitrogens with one attached hydrogen (secondary N) is 2. The van der Waals surface area contributed by atoms with Gasteiger partial charge in [0.1, 0.15) is 17.7 Å². The standard InChI is InChI=1S/C29H40N4O5/c1-7-15-33(27(36)23(17-24(30)34)32-28(37)38-29(4,5)6)25(22-14-13-19(2)16-20(22)3)26(35)31-18-21-11-9-8-10-12-21/h8-14,16,23,25H,7,15,17-18H2,1-6H3,(H2,30,34)(H,31,35)(H,32,37). The Labute approximate surface area is 225 Å². The SMILES string of the molecule is CCCN(C(=O)C(CC(N)=O)NC(=O)OC(C)(C)C)C(C(=O)NCc1ccccc1)c1ccc(C)cc1C. The van der Waals surface area contributed by atoms with Crippen LogP contribution in [0.25, 0.3) is 0 Å². The second kappa shape index (κ2) is 13.6. The number of carbonyl (C=O) groups excluding carboxylic acids is 4. The molecule has 0 fully saturated rings. The minimum Gasteiger partial charge on any atom is -0.444 e. The molecule has 206 valence electrons. The van der Waals surface area contributed by atoms with Crippen LogP contribution in [0, 0.1) is 13.8 Å². The molecule has 0 bridgehead atoms. The molecule has 0 saturated carbocycles. The van der Waals surface area contributed by atoms with Gasteiger partial charge in [-0.05, 0) is 57.7 Å². The minimum atomic E-state index is -1.30. The van der Waals surface area contributed by atoms with Crippen LogP contribution in [-0.4, -0.2) is 46.9 Å². The van der Waals surface area contributed by atoms with E-state index in [0.717, 1.165) is 16.7 Å². The second-order valence-electron chi connectivity index (χ2n) is 10.4. The zero-order valence-electron chi connectivity index (χ0n) is 23.2. The van der Waals surface area contributed by atoms with Gasteiger partial charge in [-0.2, -0.15) is 0 Å². The van der Waals surface area contributed by atoms with Crippen molar-refractivity contribution in [2.24, 2.45) is 5.73 Å². The van der Waals surface area contributed by atoms with Crippen molar-refractivity contribution >= 4 is 23.8 Å². The molecular weight excluding hydrogens is 484 g/mol. The molecule has 2 atom stereocenters. The van der Waals surface area contributed by atoms with Crippen molar-refractivity contribution in [3.63, 3.8) is 0 Å². The van der Waals surface area contributed by atoms with E-state index in [1.807, 2.05) is 69.3 Å². The fraction of sp³-hybridized carbons (Fsp3) is 0.448. The van der Waals surface area contributed by atoms with Gasteiger partial charge >= 0.3 is 6.09 Å². The number of ether oxygens (including phenoxy) is 1. The van der Waals surface area contributed by atoms with Crippen molar-refractivity contribution < 1.29 is 23.9 Å². The molecule has 0 radical (unpaired) electrons. The van der Waals surface area contributed by atoms with Gasteiger partial charge in [-0.15, -0.1) is 0 Å². The number of hydrogen-bond acceptors (Lipinski definition) is 5. The van der Waals surface area contributed by atoms with Gasteiger partial charge in [0.05, 0.1) is 6.42 Å². The fourth-order valence-corrected chi connectivity index (χ4v) is 4.12. The average molecular weight is 525 g/mol. The van der Waals surface area contributed by atoms with Crippen molar-refractivity contribution in [2.75, 3.05) is 6.54 Å². The van der Waals surface area contributed by atoms with E-state index < -0.39 is 42.0 Å². The number of hydrogen-bond donors (Lipinski definition) is 3. The maximum Gasteiger partial charge on any atom is 0.408 e. The highest BCUT2D eigenvalue weighted by atomic mass is 16.6. The number of nitrogens with two attached hydrogens (primary N) is 1. The van der Waals surface area contributed by atoms with Gasteiger partial charge in [0.25, 0.3) is 0 Å². The van der Waals surface area contributed by atoms with Crippen LogP contribution < -0.4 is 16.4 Å². The fourth-order valence-electron chi connectivity index (χ4n) is 4.12. The molecule has 0 spiro atoms. The van der Waals surface area contributed by atoms with Gasteiger partial charge in [0.2, 0.25) is 17.7 Å². The maximum absolute atomic E-state index is 13.9. The molecule has 2 aromatic carbocycles. The monoisotopic (exact) mass is 524 g/mol. The van der Waals surface area contributed by atoms with Crippen molar-refractivity contribution in [2.45, 2.75) is 78.6 Å². The lowest BCUT2D eigenvalue weighted by Gasteiger charge is -2.35. The Balaban J connectivity index is 2.48. The van der Waals surface area contributed by atoms with Gasteiger partial charge in [-0.25, -0.2) is 4.79 Å². The van der Waals surface area contributed by atoms with Crippen molar-refractivity contribution in [3.05, 3.63) is 70.8 Å². The van der Waals surface area contributed by atoms with Crippen molar-refractivity contribution in [1.82, 2.24) is 15.5 Å². The number of amides is 4. The van der Waals surface area contributed by atoms with Crippen LogP contribution in [0.2, 0.25) is 0 Å². The van der Waals surface area contributed by atoms with Crippen molar-refractivity contribution in [1.29, 1.82) is 0 Å². The zero-order valence-corrected chi connectivity index (χ0v) is 23.2. The quantitative estimate of drug-likeness (QED) is 0.413. The molecule has 0 saturated heterocycles. The third-order valence-electron chi connectivity index (χ3n) is 5.73. The highest BCUT2D eigenvalue weighted by Crippen LogP contribution is 2.27. The largest absolute Gasteiger partial charge is 0.444 e. The highest BCUT2D eigenvalue weighted by Gasteiger charge is 2.37. The van der Waals surface area contributed by atoms with Crippen molar-refractivity contribution in [3.8, 4) is 0 Å². The third kappa shape index (κ3) is 9.21. The number of rotatable bonds is 11. The second-order valence-corrected chi connectivity index (χ2v) is 10.4. The zero-order chi connectivity index (χ0) is 28.5. The van der Waals surface area contributed by atoms with Crippen LogP contribution in [0.15, 0.2) is 48.5 Å². The van der Waals surface area contributed by atoms with E-state index in [0.29, 0.717) is 12.0 Å². The Morgan fingerprint density at radius 1 is 1.03 bits per heavy atom. The summed E-state index contributed by atoms with van der Waals surface area (Å²) in [5.74, 6) is -1.75. The van der Waals surface area contributed by atoms with E-state index in [2.05, 4.69) is 10.6 Å². The molecule has 2 aromatic rings. The number of aryl methyl sites for hydroxylation is 2. The number of alkyl carbamates (subject to hydrolysis) is 1. The van der Waals surface area contributed by atoms with Crippen LogP contribution in [0.1, 0.15) is 68.8 Å². The van der Waals surface area contributed by atoms with E-state index in [1.54, 1.807) is 20.8 Å². The first-order valence-electron chi connectivity index (χ1n) is 12.8. The van der Waals surface area contributed by atoms with Gasteiger partial charge < -0.3 is 26.0 Å². The van der Waals surface area contributed by atoms with Gasteiger partial charge in [0, 0.05) is 13.1 Å². The summed E-state index contributed by atoms with van der Waals surface area (Å²) >= 11 is 0. The summed E-state index contributed by atoms with van der Waals surface area (Å²) in [6.45, 7) is 11.3. The molecule has 0 aliphatic heterocycles. The Bertz CT molecular complexity index is 1130. The van der Waals surface area contributed by atoms with E-state index in [1.165, 1.54) is 4.90 Å². The molecule has 9 nitrogen and oxygen atoms in total. The molecule has 4 amide bonds. The Morgan fingerprint density at radius 3 is 2.24 bits per heavy atom. The highest BCUT2D eigenvalue weighted by molar-refractivity contribution is 5.94. The predicted molar refractivity (Wildman–Crippen MR) is 146 cm³/mol. The lowest BCUT2D eigenvalue weighted by atomic mass is 9.96. The molecule has 38 heavy (non-hydrogen) atoms. The smallest absolute Gasteiger partial charge is 0.408 e. The topological polar surface area (TPSA) is 131 Å². The third-order valence-corrected chi connectivity index (χ3v) is 5.73. The van der Waals surface area contributed by atoms with E-state index in [4.69, 9.17) is 10.5 Å². The Morgan fingerprint density at radius 2 is 1.68 bits per heavy atom. The number of benzene rings is 2.